The lowest BCUT2D eigenvalue weighted by molar-refractivity contribution is 0.0402. The van der Waals surface area contributed by atoms with Gasteiger partial charge in [0, 0.05) is 38.8 Å². The van der Waals surface area contributed by atoms with Crippen LogP contribution >= 0.6 is 0 Å². The Labute approximate surface area is 127 Å². The summed E-state index contributed by atoms with van der Waals surface area (Å²) in [7, 11) is 0. The minimum absolute atomic E-state index is 0.276. The number of para-hydroxylation sites is 2. The maximum atomic E-state index is 10.1. The van der Waals surface area contributed by atoms with E-state index in [2.05, 4.69) is 23.6 Å². The van der Waals surface area contributed by atoms with E-state index in [0.717, 1.165) is 26.2 Å². The fourth-order valence-corrected chi connectivity index (χ4v) is 2.61. The van der Waals surface area contributed by atoms with E-state index in [1.165, 1.54) is 0 Å². The Balaban J connectivity index is 1.71. The minimum atomic E-state index is -0.491. The third-order valence-electron chi connectivity index (χ3n) is 3.96. The van der Waals surface area contributed by atoms with Crippen molar-refractivity contribution in [3.05, 3.63) is 24.3 Å². The van der Waals surface area contributed by atoms with E-state index in [-0.39, 0.29) is 6.61 Å². The molecule has 0 radical (unpaired) electrons. The summed E-state index contributed by atoms with van der Waals surface area (Å²) in [6.07, 6.45) is -0.491. The summed E-state index contributed by atoms with van der Waals surface area (Å²) in [5.41, 5.74) is 6.42. The second-order valence-corrected chi connectivity index (χ2v) is 5.93. The highest BCUT2D eigenvalue weighted by atomic mass is 16.5. The second-order valence-electron chi connectivity index (χ2n) is 5.93. The first-order valence-corrected chi connectivity index (χ1v) is 7.68. The molecule has 1 unspecified atom stereocenters. The van der Waals surface area contributed by atoms with Crippen LogP contribution in [0.15, 0.2) is 24.3 Å². The number of nitrogens with two attached hydrogens (primary N) is 1. The molecular weight excluding hydrogens is 266 g/mol. The van der Waals surface area contributed by atoms with Crippen LogP contribution < -0.4 is 10.5 Å². The van der Waals surface area contributed by atoms with E-state index in [1.54, 1.807) is 6.07 Å². The van der Waals surface area contributed by atoms with Crippen molar-refractivity contribution in [2.75, 3.05) is 45.1 Å². The molecule has 2 rings (SSSR count). The third kappa shape index (κ3) is 4.88. The van der Waals surface area contributed by atoms with Crippen LogP contribution in [0, 0.1) is 0 Å². The van der Waals surface area contributed by atoms with Crippen LogP contribution in [0.2, 0.25) is 0 Å². The highest BCUT2D eigenvalue weighted by Crippen LogP contribution is 2.19. The molecule has 0 bridgehead atoms. The van der Waals surface area contributed by atoms with Gasteiger partial charge in [0.25, 0.3) is 0 Å². The predicted molar refractivity (Wildman–Crippen MR) is 85.5 cm³/mol. The molecular formula is C16H27N3O2. The summed E-state index contributed by atoms with van der Waals surface area (Å²) in [5, 5.41) is 10.1. The van der Waals surface area contributed by atoms with Crippen LogP contribution in [-0.4, -0.2) is 66.4 Å². The number of β-amino-alcohol motifs (C(OH)–C–C–N with tert-alkyl or cyclic N) is 1. The van der Waals surface area contributed by atoms with Gasteiger partial charge in [0.2, 0.25) is 0 Å². The van der Waals surface area contributed by atoms with Gasteiger partial charge in [-0.05, 0) is 26.0 Å². The maximum absolute atomic E-state index is 10.1. The Hall–Kier alpha value is -1.30. The molecule has 1 aromatic carbocycles. The largest absolute Gasteiger partial charge is 0.489 e. The summed E-state index contributed by atoms with van der Waals surface area (Å²) in [6, 6.07) is 7.97. The standard InChI is InChI=1S/C16H27N3O2/c1-13(2)19-9-7-18(8-10-19)11-14(20)12-21-16-6-4-3-5-15(16)17/h3-6,13-14,20H,7-12,17H2,1-2H3. The average molecular weight is 293 g/mol. The van der Waals surface area contributed by atoms with Gasteiger partial charge < -0.3 is 15.6 Å². The monoisotopic (exact) mass is 293 g/mol. The number of nitrogens with zero attached hydrogens (tertiary/aromatic N) is 2. The quantitative estimate of drug-likeness (QED) is 0.767. The minimum Gasteiger partial charge on any atom is -0.489 e. The zero-order valence-corrected chi connectivity index (χ0v) is 13.0. The molecule has 1 aliphatic heterocycles. The zero-order chi connectivity index (χ0) is 15.2. The highest BCUT2D eigenvalue weighted by Gasteiger charge is 2.20. The van der Waals surface area contributed by atoms with Crippen LogP contribution in [0.1, 0.15) is 13.8 Å². The summed E-state index contributed by atoms with van der Waals surface area (Å²) in [6.45, 7) is 9.52. The average Bonchev–Trinajstić information content (AvgIpc) is 2.47. The van der Waals surface area contributed by atoms with Crippen molar-refractivity contribution in [2.24, 2.45) is 0 Å². The Morgan fingerprint density at radius 3 is 2.48 bits per heavy atom. The van der Waals surface area contributed by atoms with Gasteiger partial charge in [-0.2, -0.15) is 0 Å². The number of aliphatic hydroxyl groups is 1. The molecule has 5 nitrogen and oxygen atoms in total. The van der Waals surface area contributed by atoms with Crippen molar-refractivity contribution in [2.45, 2.75) is 26.0 Å². The van der Waals surface area contributed by atoms with E-state index in [9.17, 15) is 5.11 Å². The normalized spacial score (nSPS) is 18.9. The second kappa shape index (κ2) is 7.64. The number of rotatable bonds is 6. The molecule has 1 aromatic rings. The van der Waals surface area contributed by atoms with E-state index >= 15 is 0 Å². The van der Waals surface area contributed by atoms with Gasteiger partial charge in [-0.15, -0.1) is 0 Å². The topological polar surface area (TPSA) is 62.0 Å². The molecule has 21 heavy (non-hydrogen) atoms. The van der Waals surface area contributed by atoms with Gasteiger partial charge in [-0.25, -0.2) is 0 Å². The number of ether oxygens (including phenoxy) is 1. The molecule has 0 aliphatic carbocycles. The lowest BCUT2D eigenvalue weighted by atomic mass is 10.2. The molecule has 118 valence electrons. The molecule has 0 amide bonds. The zero-order valence-electron chi connectivity index (χ0n) is 13.0. The number of aliphatic hydroxyl groups excluding tert-OH is 1. The van der Waals surface area contributed by atoms with E-state index in [0.29, 0.717) is 24.0 Å². The molecule has 0 spiro atoms. The van der Waals surface area contributed by atoms with Crippen LogP contribution in [0.4, 0.5) is 5.69 Å². The SMILES string of the molecule is CC(C)N1CCN(CC(O)COc2ccccc2N)CC1. The molecule has 5 heteroatoms. The molecule has 1 saturated heterocycles. The van der Waals surface area contributed by atoms with Gasteiger partial charge in [0.1, 0.15) is 18.5 Å². The van der Waals surface area contributed by atoms with Gasteiger partial charge in [-0.1, -0.05) is 12.1 Å². The van der Waals surface area contributed by atoms with E-state index in [4.69, 9.17) is 10.5 Å². The van der Waals surface area contributed by atoms with Crippen molar-refractivity contribution < 1.29 is 9.84 Å². The fourth-order valence-electron chi connectivity index (χ4n) is 2.61. The first-order valence-electron chi connectivity index (χ1n) is 7.68. The van der Waals surface area contributed by atoms with E-state index in [1.807, 2.05) is 18.2 Å². The van der Waals surface area contributed by atoms with Crippen LogP contribution in [-0.2, 0) is 0 Å². The summed E-state index contributed by atoms with van der Waals surface area (Å²) >= 11 is 0. The highest BCUT2D eigenvalue weighted by molar-refractivity contribution is 5.51. The molecule has 1 aliphatic rings. The first kappa shape index (κ1) is 16.1. The number of anilines is 1. The van der Waals surface area contributed by atoms with Crippen molar-refractivity contribution in [3.63, 3.8) is 0 Å². The Morgan fingerprint density at radius 1 is 1.19 bits per heavy atom. The number of hydrogen-bond acceptors (Lipinski definition) is 5. The fraction of sp³-hybridized carbons (Fsp3) is 0.625. The third-order valence-corrected chi connectivity index (χ3v) is 3.96. The van der Waals surface area contributed by atoms with Crippen molar-refractivity contribution >= 4 is 5.69 Å². The molecule has 1 atom stereocenters. The van der Waals surface area contributed by atoms with Crippen LogP contribution in [0.3, 0.4) is 0 Å². The summed E-state index contributed by atoms with van der Waals surface area (Å²) < 4.78 is 5.59. The Bertz CT molecular complexity index is 431. The number of piperazine rings is 1. The Morgan fingerprint density at radius 2 is 1.86 bits per heavy atom. The van der Waals surface area contributed by atoms with Gasteiger partial charge in [0.05, 0.1) is 5.69 Å². The van der Waals surface area contributed by atoms with E-state index < -0.39 is 6.10 Å². The predicted octanol–water partition coefficient (Wildman–Crippen LogP) is 1.03. The van der Waals surface area contributed by atoms with Crippen molar-refractivity contribution in [1.29, 1.82) is 0 Å². The summed E-state index contributed by atoms with van der Waals surface area (Å²) in [5.74, 6) is 0.640. The summed E-state index contributed by atoms with van der Waals surface area (Å²) in [4.78, 5) is 4.76. The van der Waals surface area contributed by atoms with Gasteiger partial charge >= 0.3 is 0 Å². The van der Waals surface area contributed by atoms with Crippen LogP contribution in [0.5, 0.6) is 5.75 Å². The van der Waals surface area contributed by atoms with Crippen molar-refractivity contribution in [1.82, 2.24) is 9.80 Å². The molecule has 1 heterocycles. The Kier molecular flexibility index (Phi) is 5.85. The van der Waals surface area contributed by atoms with Crippen molar-refractivity contribution in [3.8, 4) is 5.75 Å². The van der Waals surface area contributed by atoms with Crippen LogP contribution in [0.25, 0.3) is 0 Å². The smallest absolute Gasteiger partial charge is 0.142 e. The first-order chi connectivity index (χ1) is 10.1. The lowest BCUT2D eigenvalue weighted by Crippen LogP contribution is -2.51. The number of benzene rings is 1. The molecule has 3 N–H and O–H groups in total. The van der Waals surface area contributed by atoms with Gasteiger partial charge in [0.15, 0.2) is 0 Å². The number of hydrogen-bond donors (Lipinski definition) is 2. The van der Waals surface area contributed by atoms with Gasteiger partial charge in [-0.3, -0.25) is 9.80 Å². The number of nitrogen functional groups attached to an aromatic ring is 1. The molecule has 0 saturated carbocycles. The molecule has 0 aromatic heterocycles. The maximum Gasteiger partial charge on any atom is 0.142 e. The lowest BCUT2D eigenvalue weighted by Gasteiger charge is -2.37. The molecule has 1 fully saturated rings.